The number of carbonyl (C=O) groups excluding carboxylic acids is 2. The highest BCUT2D eigenvalue weighted by atomic mass is 31.2. The normalized spacial score (nSPS) is 10.8. The van der Waals surface area contributed by atoms with Crippen LogP contribution in [0.5, 0.6) is 0 Å². The molecule has 0 aromatic heterocycles. The van der Waals surface area contributed by atoms with Crippen molar-refractivity contribution in [2.24, 2.45) is 0 Å². The van der Waals surface area contributed by atoms with E-state index in [1.807, 2.05) is 0 Å². The van der Waals surface area contributed by atoms with Gasteiger partial charge >= 0.3 is 7.82 Å². The first kappa shape index (κ1) is 32.4. The number of nitrogens with zero attached hydrogens (tertiary/aromatic N) is 2. The zero-order valence-corrected chi connectivity index (χ0v) is 21.2. The van der Waals surface area contributed by atoms with E-state index in [1.54, 1.807) is 24.3 Å². The van der Waals surface area contributed by atoms with Gasteiger partial charge in [0.25, 0.3) is 11.8 Å². The Hall–Kier alpha value is -2.59. The highest BCUT2D eigenvalue weighted by Crippen LogP contribution is 2.42. The minimum Gasteiger partial charge on any atom is -0.374 e. The lowest BCUT2D eigenvalue weighted by Crippen LogP contribution is -2.33. The first-order valence-corrected chi connectivity index (χ1v) is 12.3. The van der Waals surface area contributed by atoms with E-state index in [2.05, 4.69) is 39.5 Å². The number of hydrogen-bond donors (Lipinski definition) is 1. The van der Waals surface area contributed by atoms with E-state index in [1.165, 1.54) is 9.80 Å². The Balaban J connectivity index is 4.15. The minimum atomic E-state index is -4.33. The van der Waals surface area contributed by atoms with E-state index in [0.717, 1.165) is 0 Å². The second-order valence-electron chi connectivity index (χ2n) is 7.02. The van der Waals surface area contributed by atoms with Gasteiger partial charge < -0.3 is 24.2 Å². The summed E-state index contributed by atoms with van der Waals surface area (Å²) in [5.41, 5.74) is 0.429. The number of amides is 2. The number of rotatable bonds is 22. The monoisotopic (exact) mass is 512 g/mol. The van der Waals surface area contributed by atoms with Crippen LogP contribution in [-0.2, 0) is 32.7 Å². The predicted octanol–water partition coefficient (Wildman–Crippen LogP) is 2.67. The summed E-state index contributed by atoms with van der Waals surface area (Å²) in [6.07, 6.45) is 6.35. The molecular weight excluding hydrogens is 475 g/mol. The molecule has 0 aromatic rings. The molecule has 0 aliphatic carbocycles. The SMILES string of the molecule is C=CCN(CC=C)C(=O)C(=C)COCCOP(=O)(O)OCCOCC(=C)C(=O)N(CC=C)CC=C. The summed E-state index contributed by atoms with van der Waals surface area (Å²) in [6, 6.07) is 0. The molecule has 0 saturated heterocycles. The van der Waals surface area contributed by atoms with Crippen LogP contribution in [0.25, 0.3) is 0 Å². The van der Waals surface area contributed by atoms with Gasteiger partial charge in [0, 0.05) is 37.3 Å². The predicted molar refractivity (Wildman–Crippen MR) is 136 cm³/mol. The molecule has 35 heavy (non-hydrogen) atoms. The van der Waals surface area contributed by atoms with Crippen molar-refractivity contribution in [1.82, 2.24) is 9.80 Å². The van der Waals surface area contributed by atoms with Crippen molar-refractivity contribution in [2.75, 3.05) is 65.8 Å². The number of carbonyl (C=O) groups is 2. The Bertz CT molecular complexity index is 729. The van der Waals surface area contributed by atoms with Crippen molar-refractivity contribution in [1.29, 1.82) is 0 Å². The van der Waals surface area contributed by atoms with E-state index in [0.29, 0.717) is 26.2 Å². The molecule has 0 radical (unpaired) electrons. The summed E-state index contributed by atoms with van der Waals surface area (Å²) in [5, 5.41) is 0. The molecule has 0 aromatic carbocycles. The van der Waals surface area contributed by atoms with E-state index in [4.69, 9.17) is 18.5 Å². The van der Waals surface area contributed by atoms with Gasteiger partial charge in [-0.3, -0.25) is 18.6 Å². The maximum Gasteiger partial charge on any atom is 0.472 e. The molecule has 0 fully saturated rings. The first-order valence-electron chi connectivity index (χ1n) is 10.8. The van der Waals surface area contributed by atoms with E-state index in [-0.39, 0.29) is 62.6 Å². The zero-order chi connectivity index (χ0) is 26.7. The fraction of sp³-hybridized carbons (Fsp3) is 0.417. The minimum absolute atomic E-state index is 0.0620. The van der Waals surface area contributed by atoms with Gasteiger partial charge in [-0.15, -0.1) is 26.3 Å². The Labute approximate surface area is 208 Å². The summed E-state index contributed by atoms with van der Waals surface area (Å²) in [6.45, 7) is 22.4. The molecule has 11 heteroatoms. The zero-order valence-electron chi connectivity index (χ0n) is 20.3. The summed E-state index contributed by atoms with van der Waals surface area (Å²) in [4.78, 5) is 37.2. The van der Waals surface area contributed by atoms with Crippen molar-refractivity contribution < 1.29 is 37.6 Å². The Morgan fingerprint density at radius 1 is 0.686 bits per heavy atom. The highest BCUT2D eigenvalue weighted by Gasteiger charge is 2.21. The smallest absolute Gasteiger partial charge is 0.374 e. The molecule has 0 aliphatic heterocycles. The second kappa shape index (κ2) is 18.7. The van der Waals surface area contributed by atoms with Crippen LogP contribution >= 0.6 is 7.82 Å². The van der Waals surface area contributed by atoms with Crippen LogP contribution < -0.4 is 0 Å². The Morgan fingerprint density at radius 3 is 1.29 bits per heavy atom. The van der Waals surface area contributed by atoms with Gasteiger partial charge in [-0.2, -0.15) is 0 Å². The maximum absolute atomic E-state index is 12.3. The third-order valence-electron chi connectivity index (χ3n) is 4.09. The number of ether oxygens (including phenoxy) is 2. The molecule has 1 N–H and O–H groups in total. The lowest BCUT2D eigenvalue weighted by molar-refractivity contribution is -0.127. The van der Waals surface area contributed by atoms with Crippen LogP contribution in [0.4, 0.5) is 0 Å². The van der Waals surface area contributed by atoms with Gasteiger partial charge in [0.1, 0.15) is 0 Å². The molecule has 0 atom stereocenters. The molecular formula is C24H37N2O8P. The maximum atomic E-state index is 12.3. The topological polar surface area (TPSA) is 115 Å². The molecule has 2 amide bonds. The fourth-order valence-electron chi connectivity index (χ4n) is 2.53. The van der Waals surface area contributed by atoms with Gasteiger partial charge in [-0.25, -0.2) is 4.57 Å². The molecule has 10 nitrogen and oxygen atoms in total. The largest absolute Gasteiger partial charge is 0.472 e. The van der Waals surface area contributed by atoms with Gasteiger partial charge in [0.2, 0.25) is 0 Å². The van der Waals surface area contributed by atoms with Crippen molar-refractivity contribution >= 4 is 19.6 Å². The molecule has 196 valence electrons. The summed E-state index contributed by atoms with van der Waals surface area (Å²) in [5.74, 6) is -0.610. The van der Waals surface area contributed by atoms with Crippen LogP contribution in [0.1, 0.15) is 0 Å². The lowest BCUT2D eigenvalue weighted by Gasteiger charge is -2.20. The molecule has 0 heterocycles. The number of hydrogen-bond acceptors (Lipinski definition) is 7. The summed E-state index contributed by atoms with van der Waals surface area (Å²) < 4.78 is 32.1. The number of phosphoric ester groups is 1. The summed E-state index contributed by atoms with van der Waals surface area (Å²) in [7, 11) is -4.33. The molecule has 0 saturated carbocycles. The third-order valence-corrected chi connectivity index (χ3v) is 5.11. The average molecular weight is 513 g/mol. The van der Waals surface area contributed by atoms with Crippen molar-refractivity contribution in [3.8, 4) is 0 Å². The van der Waals surface area contributed by atoms with Crippen LogP contribution in [-0.4, -0.2) is 92.3 Å². The quantitative estimate of drug-likeness (QED) is 0.102. The van der Waals surface area contributed by atoms with Crippen LogP contribution in [0.2, 0.25) is 0 Å². The molecule has 0 bridgehead atoms. The Kier molecular flexibility index (Phi) is 17.3. The fourth-order valence-corrected chi connectivity index (χ4v) is 3.21. The summed E-state index contributed by atoms with van der Waals surface area (Å²) >= 11 is 0. The van der Waals surface area contributed by atoms with Gasteiger partial charge in [-0.05, 0) is 0 Å². The van der Waals surface area contributed by atoms with Gasteiger partial charge in [0.05, 0.1) is 39.6 Å². The number of phosphoric acid groups is 1. The van der Waals surface area contributed by atoms with E-state index < -0.39 is 7.82 Å². The van der Waals surface area contributed by atoms with Gasteiger partial charge in [0.15, 0.2) is 0 Å². The standard InChI is InChI=1S/C24H37N2O8P/c1-7-11-25(12-8-2)23(27)21(5)19-31-15-17-33-35(29,30)34-18-16-32-20-22(6)24(28)26(13-9-3)14-10-4/h7-10H,1-6,11-20H2,(H,29,30). The Morgan fingerprint density at radius 2 is 1.00 bits per heavy atom. The molecule has 0 unspecified atom stereocenters. The third kappa shape index (κ3) is 14.4. The van der Waals surface area contributed by atoms with E-state index in [9.17, 15) is 19.0 Å². The highest BCUT2D eigenvalue weighted by molar-refractivity contribution is 7.47. The van der Waals surface area contributed by atoms with Crippen LogP contribution in [0.15, 0.2) is 74.9 Å². The van der Waals surface area contributed by atoms with Crippen LogP contribution in [0.3, 0.4) is 0 Å². The molecule has 0 spiro atoms. The van der Waals surface area contributed by atoms with Gasteiger partial charge in [-0.1, -0.05) is 37.5 Å². The first-order chi connectivity index (χ1) is 16.6. The molecule has 0 rings (SSSR count). The van der Waals surface area contributed by atoms with Crippen molar-refractivity contribution in [3.63, 3.8) is 0 Å². The lowest BCUT2D eigenvalue weighted by atomic mass is 10.2. The van der Waals surface area contributed by atoms with E-state index >= 15 is 0 Å². The second-order valence-corrected chi connectivity index (χ2v) is 8.48. The molecule has 0 aliphatic rings. The van der Waals surface area contributed by atoms with Crippen molar-refractivity contribution in [3.05, 3.63) is 74.9 Å². The average Bonchev–Trinajstić information content (AvgIpc) is 2.82. The van der Waals surface area contributed by atoms with Crippen molar-refractivity contribution in [2.45, 2.75) is 0 Å². The van der Waals surface area contributed by atoms with Crippen LogP contribution in [0, 0.1) is 0 Å².